The molecule has 1 fully saturated rings. The number of aryl methyl sites for hydroxylation is 1. The van der Waals surface area contributed by atoms with Crippen LogP contribution in [-0.4, -0.2) is 73.6 Å². The zero-order chi connectivity index (χ0) is 18.1. The smallest absolute Gasteiger partial charge is 0.191 e. The van der Waals surface area contributed by atoms with Gasteiger partial charge in [0.15, 0.2) is 5.96 Å². The number of piperazine rings is 1. The average Bonchev–Trinajstić information content (AvgIpc) is 3.10. The molecule has 0 spiro atoms. The van der Waals surface area contributed by atoms with Gasteiger partial charge in [-0.1, -0.05) is 20.8 Å². The molecule has 1 atom stereocenters. The van der Waals surface area contributed by atoms with Gasteiger partial charge in [-0.05, 0) is 18.9 Å². The lowest BCUT2D eigenvalue weighted by atomic mass is 10.1. The van der Waals surface area contributed by atoms with Gasteiger partial charge in [0.2, 0.25) is 0 Å². The van der Waals surface area contributed by atoms with Crippen LogP contribution >= 0.6 is 35.3 Å². The van der Waals surface area contributed by atoms with Gasteiger partial charge in [0.1, 0.15) is 5.01 Å². The number of likely N-dealkylation sites (N-methyl/N-ethyl adjacent to an activating group) is 1. The first kappa shape index (κ1) is 23.6. The number of rotatable bonds is 8. The summed E-state index contributed by atoms with van der Waals surface area (Å²) < 4.78 is 0. The summed E-state index contributed by atoms with van der Waals surface area (Å²) in [6.07, 6.45) is 3.02. The highest BCUT2D eigenvalue weighted by Gasteiger charge is 2.17. The van der Waals surface area contributed by atoms with Crippen LogP contribution in [-0.2, 0) is 13.0 Å². The quantitative estimate of drug-likeness (QED) is 0.330. The van der Waals surface area contributed by atoms with E-state index in [2.05, 4.69) is 51.2 Å². The molecular weight excluding hydrogens is 459 g/mol. The van der Waals surface area contributed by atoms with E-state index in [1.807, 2.05) is 13.2 Å². The Hall–Kier alpha value is -0.450. The van der Waals surface area contributed by atoms with Crippen molar-refractivity contribution in [1.82, 2.24) is 25.4 Å². The predicted octanol–water partition coefficient (Wildman–Crippen LogP) is 2.26. The number of aromatic nitrogens is 1. The number of guanidine groups is 1. The fourth-order valence-corrected chi connectivity index (χ4v) is 3.84. The molecule has 8 heteroatoms. The first-order chi connectivity index (χ1) is 12.1. The van der Waals surface area contributed by atoms with Gasteiger partial charge in [0, 0.05) is 57.4 Å². The molecule has 0 aromatic carbocycles. The Morgan fingerprint density at radius 1 is 1.23 bits per heavy atom. The summed E-state index contributed by atoms with van der Waals surface area (Å²) >= 11 is 1.77. The second-order valence-electron chi connectivity index (χ2n) is 6.72. The minimum atomic E-state index is 0. The molecule has 0 aliphatic carbocycles. The van der Waals surface area contributed by atoms with E-state index in [1.165, 1.54) is 37.6 Å². The van der Waals surface area contributed by atoms with Gasteiger partial charge in [-0.25, -0.2) is 4.98 Å². The lowest BCUT2D eigenvalue weighted by Gasteiger charge is -2.35. The number of hydrogen-bond acceptors (Lipinski definition) is 5. The second-order valence-corrected chi connectivity index (χ2v) is 7.92. The predicted molar refractivity (Wildman–Crippen MR) is 123 cm³/mol. The fourth-order valence-electron chi connectivity index (χ4n) is 3.04. The van der Waals surface area contributed by atoms with E-state index in [1.54, 1.807) is 11.3 Å². The largest absolute Gasteiger partial charge is 0.356 e. The van der Waals surface area contributed by atoms with Gasteiger partial charge in [-0.2, -0.15) is 0 Å². The van der Waals surface area contributed by atoms with Gasteiger partial charge in [-0.15, -0.1) is 35.3 Å². The Kier molecular flexibility index (Phi) is 11.7. The summed E-state index contributed by atoms with van der Waals surface area (Å²) in [6, 6.07) is 0. The highest BCUT2D eigenvalue weighted by Crippen LogP contribution is 2.12. The van der Waals surface area contributed by atoms with Crippen molar-refractivity contribution in [2.75, 3.05) is 52.9 Å². The summed E-state index contributed by atoms with van der Waals surface area (Å²) in [7, 11) is 1.82. The van der Waals surface area contributed by atoms with Crippen LogP contribution in [0.3, 0.4) is 0 Å². The van der Waals surface area contributed by atoms with Crippen molar-refractivity contribution in [3.05, 3.63) is 16.1 Å². The Balaban J connectivity index is 0.00000338. The van der Waals surface area contributed by atoms with E-state index < -0.39 is 0 Å². The molecule has 2 N–H and O–H groups in total. The number of nitrogens with zero attached hydrogens (tertiary/aromatic N) is 4. The van der Waals surface area contributed by atoms with Crippen LogP contribution < -0.4 is 10.6 Å². The maximum atomic E-state index is 4.44. The molecule has 6 nitrogen and oxygen atoms in total. The lowest BCUT2D eigenvalue weighted by Crippen LogP contribution is -2.48. The van der Waals surface area contributed by atoms with Crippen molar-refractivity contribution in [3.8, 4) is 0 Å². The Morgan fingerprint density at radius 2 is 1.92 bits per heavy atom. The molecule has 1 aliphatic heterocycles. The second kappa shape index (κ2) is 12.9. The summed E-state index contributed by atoms with van der Waals surface area (Å²) in [4.78, 5) is 15.2. The van der Waals surface area contributed by atoms with Crippen molar-refractivity contribution in [2.24, 2.45) is 10.9 Å². The van der Waals surface area contributed by atoms with Gasteiger partial charge >= 0.3 is 0 Å². The minimum Gasteiger partial charge on any atom is -0.356 e. The molecule has 150 valence electrons. The molecule has 1 aliphatic rings. The molecule has 1 unspecified atom stereocenters. The van der Waals surface area contributed by atoms with E-state index in [0.717, 1.165) is 37.0 Å². The zero-order valence-electron chi connectivity index (χ0n) is 16.6. The molecule has 0 bridgehead atoms. The minimum absolute atomic E-state index is 0. The summed E-state index contributed by atoms with van der Waals surface area (Å²) in [5.41, 5.74) is 0. The van der Waals surface area contributed by atoms with Gasteiger partial charge < -0.3 is 20.4 Å². The number of aliphatic imine (C=N–C) groups is 1. The standard InChI is InChI=1S/C18H34N6S.HI/c1-5-16-12-20-17(25-16)13-22-18(19-4)21-11-15(3)14-24-9-7-23(6-2)8-10-24;/h12,15H,5-11,13-14H2,1-4H3,(H2,19,21,22);1H. The Labute approximate surface area is 179 Å². The molecule has 0 amide bonds. The van der Waals surface area contributed by atoms with Gasteiger partial charge in [0.25, 0.3) is 0 Å². The molecule has 1 saturated heterocycles. The third-order valence-electron chi connectivity index (χ3n) is 4.68. The van der Waals surface area contributed by atoms with E-state index in [4.69, 9.17) is 0 Å². The Bertz CT molecular complexity index is 528. The highest BCUT2D eigenvalue weighted by molar-refractivity contribution is 14.0. The van der Waals surface area contributed by atoms with E-state index in [-0.39, 0.29) is 24.0 Å². The van der Waals surface area contributed by atoms with Crippen molar-refractivity contribution in [1.29, 1.82) is 0 Å². The molecule has 0 radical (unpaired) electrons. The van der Waals surface area contributed by atoms with Crippen LogP contribution in [0.4, 0.5) is 0 Å². The molecule has 0 saturated carbocycles. The molecule has 1 aromatic rings. The number of thiazole rings is 1. The van der Waals surface area contributed by atoms with Crippen LogP contribution in [0.5, 0.6) is 0 Å². The highest BCUT2D eigenvalue weighted by atomic mass is 127. The van der Waals surface area contributed by atoms with Gasteiger partial charge in [0.05, 0.1) is 6.54 Å². The lowest BCUT2D eigenvalue weighted by molar-refractivity contribution is 0.124. The van der Waals surface area contributed by atoms with Crippen LogP contribution in [0.1, 0.15) is 30.7 Å². The number of halogens is 1. The van der Waals surface area contributed by atoms with Crippen LogP contribution in [0.25, 0.3) is 0 Å². The number of hydrogen-bond donors (Lipinski definition) is 2. The summed E-state index contributed by atoms with van der Waals surface area (Å²) in [6.45, 7) is 15.5. The zero-order valence-corrected chi connectivity index (χ0v) is 19.8. The molecule has 2 heterocycles. The van der Waals surface area contributed by atoms with Crippen LogP contribution in [0.2, 0.25) is 0 Å². The summed E-state index contributed by atoms with van der Waals surface area (Å²) in [5, 5.41) is 7.92. The SMILES string of the molecule is CCc1cnc(CNC(=NC)NCC(C)CN2CCN(CC)CC2)s1.I. The van der Waals surface area contributed by atoms with Crippen molar-refractivity contribution < 1.29 is 0 Å². The van der Waals surface area contributed by atoms with Crippen molar-refractivity contribution in [3.63, 3.8) is 0 Å². The maximum absolute atomic E-state index is 4.44. The summed E-state index contributed by atoms with van der Waals surface area (Å²) in [5.74, 6) is 1.45. The average molecular weight is 494 g/mol. The normalized spacial score (nSPS) is 17.6. The molecule has 1 aromatic heterocycles. The van der Waals surface area contributed by atoms with Crippen molar-refractivity contribution >= 4 is 41.3 Å². The van der Waals surface area contributed by atoms with Crippen LogP contribution in [0.15, 0.2) is 11.2 Å². The first-order valence-electron chi connectivity index (χ1n) is 9.47. The first-order valence-corrected chi connectivity index (χ1v) is 10.3. The van der Waals surface area contributed by atoms with E-state index >= 15 is 0 Å². The molecule has 2 rings (SSSR count). The third kappa shape index (κ3) is 8.06. The molecular formula is C18H35IN6S. The van der Waals surface area contributed by atoms with E-state index in [0.29, 0.717) is 5.92 Å². The molecule has 26 heavy (non-hydrogen) atoms. The maximum Gasteiger partial charge on any atom is 0.191 e. The Morgan fingerprint density at radius 3 is 2.50 bits per heavy atom. The number of nitrogens with one attached hydrogen (secondary N) is 2. The monoisotopic (exact) mass is 494 g/mol. The van der Waals surface area contributed by atoms with Crippen LogP contribution in [0, 0.1) is 5.92 Å². The topological polar surface area (TPSA) is 55.8 Å². The van der Waals surface area contributed by atoms with Gasteiger partial charge in [-0.3, -0.25) is 4.99 Å². The van der Waals surface area contributed by atoms with E-state index in [9.17, 15) is 0 Å². The van der Waals surface area contributed by atoms with Crippen molar-refractivity contribution in [2.45, 2.75) is 33.7 Å². The fraction of sp³-hybridized carbons (Fsp3) is 0.778. The third-order valence-corrected chi connectivity index (χ3v) is 5.82.